The van der Waals surface area contributed by atoms with Crippen molar-refractivity contribution < 1.29 is 0 Å². The van der Waals surface area contributed by atoms with E-state index in [1.54, 1.807) is 0 Å². The molecule has 0 aromatic rings. The maximum absolute atomic E-state index is 3.64. The lowest BCUT2D eigenvalue weighted by molar-refractivity contribution is 0.220. The van der Waals surface area contributed by atoms with Crippen LogP contribution in [-0.2, 0) is 0 Å². The van der Waals surface area contributed by atoms with E-state index in [1.807, 2.05) is 0 Å². The number of likely N-dealkylation sites (tertiary alicyclic amines) is 1. The van der Waals surface area contributed by atoms with E-state index in [1.165, 1.54) is 45.4 Å². The summed E-state index contributed by atoms with van der Waals surface area (Å²) in [4.78, 5) is 2.67. The lowest BCUT2D eigenvalue weighted by Gasteiger charge is -2.26. The molecule has 1 aliphatic heterocycles. The summed E-state index contributed by atoms with van der Waals surface area (Å²) in [7, 11) is 0. The van der Waals surface area contributed by atoms with Crippen LogP contribution in [0.2, 0.25) is 0 Å². The molecule has 1 aliphatic rings. The van der Waals surface area contributed by atoms with Crippen LogP contribution in [0.25, 0.3) is 0 Å². The maximum atomic E-state index is 3.64. The highest BCUT2D eigenvalue weighted by molar-refractivity contribution is 4.81. The minimum atomic E-state index is 0.798. The topological polar surface area (TPSA) is 15.3 Å². The maximum Gasteiger partial charge on any atom is 0.0221 e. The zero-order chi connectivity index (χ0) is 12.0. The van der Waals surface area contributed by atoms with Crippen molar-refractivity contribution in [3.05, 3.63) is 0 Å². The van der Waals surface area contributed by atoms with Crippen LogP contribution in [0.3, 0.4) is 0 Å². The third-order valence-corrected chi connectivity index (χ3v) is 3.67. The average molecular weight is 226 g/mol. The number of hydrogen-bond donors (Lipinski definition) is 1. The summed E-state index contributed by atoms with van der Waals surface area (Å²) >= 11 is 0. The molecule has 1 unspecified atom stereocenters. The molecule has 1 fully saturated rings. The molecule has 2 nitrogen and oxygen atoms in total. The van der Waals surface area contributed by atoms with Crippen LogP contribution in [0, 0.1) is 11.8 Å². The van der Waals surface area contributed by atoms with Gasteiger partial charge in [0.25, 0.3) is 0 Å². The first-order valence-corrected chi connectivity index (χ1v) is 7.08. The van der Waals surface area contributed by atoms with E-state index < -0.39 is 0 Å². The molecule has 0 saturated carbocycles. The lowest BCUT2D eigenvalue weighted by Crippen LogP contribution is -2.40. The summed E-state index contributed by atoms with van der Waals surface area (Å²) in [5, 5.41) is 3.64. The second kappa shape index (κ2) is 7.29. The zero-order valence-corrected chi connectivity index (χ0v) is 11.6. The standard InChI is InChI=1S/C14H30N2/c1-5-13(4)9-15-10-14-7-6-8-16(14)11-12(2)3/h12-15H,5-11H2,1-4H3/t13?,14-/m1/s1. The Bertz CT molecular complexity index is 180. The summed E-state index contributed by atoms with van der Waals surface area (Å²) in [6.45, 7) is 14.2. The van der Waals surface area contributed by atoms with Crippen molar-refractivity contribution in [2.24, 2.45) is 11.8 Å². The molecule has 2 heteroatoms. The second-order valence-corrected chi connectivity index (χ2v) is 5.86. The van der Waals surface area contributed by atoms with E-state index in [2.05, 4.69) is 37.9 Å². The Morgan fingerprint density at radius 1 is 1.31 bits per heavy atom. The van der Waals surface area contributed by atoms with Gasteiger partial charge in [0.2, 0.25) is 0 Å². The van der Waals surface area contributed by atoms with E-state index in [-0.39, 0.29) is 0 Å². The summed E-state index contributed by atoms with van der Waals surface area (Å²) in [5.41, 5.74) is 0. The van der Waals surface area contributed by atoms with Gasteiger partial charge in [0.1, 0.15) is 0 Å². The van der Waals surface area contributed by atoms with Crippen molar-refractivity contribution in [2.75, 3.05) is 26.2 Å². The Morgan fingerprint density at radius 2 is 2.06 bits per heavy atom. The fourth-order valence-corrected chi connectivity index (χ4v) is 2.48. The van der Waals surface area contributed by atoms with Crippen molar-refractivity contribution in [1.82, 2.24) is 10.2 Å². The Morgan fingerprint density at radius 3 is 2.69 bits per heavy atom. The highest BCUT2D eigenvalue weighted by Crippen LogP contribution is 2.17. The first-order valence-electron chi connectivity index (χ1n) is 7.08. The van der Waals surface area contributed by atoms with Crippen LogP contribution in [0.4, 0.5) is 0 Å². The molecule has 0 aliphatic carbocycles. The number of hydrogen-bond acceptors (Lipinski definition) is 2. The van der Waals surface area contributed by atoms with Gasteiger partial charge >= 0.3 is 0 Å². The minimum Gasteiger partial charge on any atom is -0.315 e. The fourth-order valence-electron chi connectivity index (χ4n) is 2.48. The van der Waals surface area contributed by atoms with Crippen LogP contribution in [-0.4, -0.2) is 37.1 Å². The van der Waals surface area contributed by atoms with Gasteiger partial charge in [-0.1, -0.05) is 34.1 Å². The molecule has 0 aromatic heterocycles. The monoisotopic (exact) mass is 226 g/mol. The summed E-state index contributed by atoms with van der Waals surface area (Å²) < 4.78 is 0. The predicted octanol–water partition coefficient (Wildman–Crippen LogP) is 2.74. The summed E-state index contributed by atoms with van der Waals surface area (Å²) in [6.07, 6.45) is 4.07. The molecule has 0 spiro atoms. The molecule has 0 bridgehead atoms. The minimum absolute atomic E-state index is 0.798. The van der Waals surface area contributed by atoms with Crippen LogP contribution in [0.5, 0.6) is 0 Å². The van der Waals surface area contributed by atoms with E-state index in [9.17, 15) is 0 Å². The summed E-state index contributed by atoms with van der Waals surface area (Å²) in [6, 6.07) is 0.798. The molecule has 2 atom stereocenters. The van der Waals surface area contributed by atoms with Crippen molar-refractivity contribution in [1.29, 1.82) is 0 Å². The zero-order valence-electron chi connectivity index (χ0n) is 11.6. The molecule has 1 saturated heterocycles. The molecule has 0 aromatic carbocycles. The van der Waals surface area contributed by atoms with Crippen molar-refractivity contribution >= 4 is 0 Å². The third-order valence-electron chi connectivity index (χ3n) is 3.67. The molecule has 16 heavy (non-hydrogen) atoms. The van der Waals surface area contributed by atoms with Gasteiger partial charge in [-0.25, -0.2) is 0 Å². The van der Waals surface area contributed by atoms with Gasteiger partial charge < -0.3 is 5.32 Å². The van der Waals surface area contributed by atoms with E-state index in [0.717, 1.165) is 17.9 Å². The van der Waals surface area contributed by atoms with Gasteiger partial charge in [-0.3, -0.25) is 4.90 Å². The quantitative estimate of drug-likeness (QED) is 0.718. The molecule has 1 rings (SSSR count). The largest absolute Gasteiger partial charge is 0.315 e. The van der Waals surface area contributed by atoms with Gasteiger partial charge in [0.15, 0.2) is 0 Å². The van der Waals surface area contributed by atoms with Gasteiger partial charge in [-0.05, 0) is 37.8 Å². The molecule has 0 amide bonds. The fraction of sp³-hybridized carbons (Fsp3) is 1.00. The second-order valence-electron chi connectivity index (χ2n) is 5.86. The number of rotatable bonds is 7. The Kier molecular flexibility index (Phi) is 6.37. The van der Waals surface area contributed by atoms with Crippen LogP contribution < -0.4 is 5.32 Å². The highest BCUT2D eigenvalue weighted by Gasteiger charge is 2.24. The van der Waals surface area contributed by atoms with E-state index >= 15 is 0 Å². The average Bonchev–Trinajstić information content (AvgIpc) is 2.64. The molecule has 0 radical (unpaired) electrons. The van der Waals surface area contributed by atoms with Gasteiger partial charge in [0, 0.05) is 19.1 Å². The van der Waals surface area contributed by atoms with Crippen LogP contribution in [0.15, 0.2) is 0 Å². The molecule has 1 heterocycles. The van der Waals surface area contributed by atoms with Crippen molar-refractivity contribution in [2.45, 2.75) is 53.0 Å². The number of nitrogens with zero attached hydrogens (tertiary/aromatic N) is 1. The normalized spacial score (nSPS) is 24.2. The van der Waals surface area contributed by atoms with Gasteiger partial charge in [-0.2, -0.15) is 0 Å². The highest BCUT2D eigenvalue weighted by atomic mass is 15.2. The van der Waals surface area contributed by atoms with Crippen molar-refractivity contribution in [3.8, 4) is 0 Å². The predicted molar refractivity (Wildman–Crippen MR) is 71.8 cm³/mol. The Hall–Kier alpha value is -0.0800. The number of nitrogens with one attached hydrogen (secondary N) is 1. The van der Waals surface area contributed by atoms with Crippen molar-refractivity contribution in [3.63, 3.8) is 0 Å². The SMILES string of the molecule is CCC(C)CNC[C@H]1CCCN1CC(C)C. The van der Waals surface area contributed by atoms with Gasteiger partial charge in [0.05, 0.1) is 0 Å². The third kappa shape index (κ3) is 4.84. The molecule has 1 N–H and O–H groups in total. The van der Waals surface area contributed by atoms with E-state index in [0.29, 0.717) is 0 Å². The molecular weight excluding hydrogens is 196 g/mol. The Labute approximate surface area is 102 Å². The molecular formula is C14H30N2. The molecule has 96 valence electrons. The first kappa shape index (κ1) is 14.0. The first-order chi connectivity index (χ1) is 7.63. The van der Waals surface area contributed by atoms with Crippen LogP contribution >= 0.6 is 0 Å². The van der Waals surface area contributed by atoms with E-state index in [4.69, 9.17) is 0 Å². The van der Waals surface area contributed by atoms with Gasteiger partial charge in [-0.15, -0.1) is 0 Å². The Balaban J connectivity index is 2.19. The smallest absolute Gasteiger partial charge is 0.0221 e. The lowest BCUT2D eigenvalue weighted by atomic mass is 10.1. The van der Waals surface area contributed by atoms with Crippen LogP contribution in [0.1, 0.15) is 47.0 Å². The summed E-state index contributed by atoms with van der Waals surface area (Å²) in [5.74, 6) is 1.62.